The molecule has 0 saturated carbocycles. The first-order valence-electron chi connectivity index (χ1n) is 3.41. The average molecular weight is 247 g/mol. The Labute approximate surface area is 80.0 Å². The van der Waals surface area contributed by atoms with Gasteiger partial charge >= 0.3 is 12.3 Å². The van der Waals surface area contributed by atoms with Crippen LogP contribution in [0.2, 0.25) is 0 Å². The van der Waals surface area contributed by atoms with Gasteiger partial charge in [-0.25, -0.2) is 30.7 Å². The average Bonchev–Trinajstić information content (AvgIpc) is 2.01. The molecular weight excluding hydrogens is 241 g/mol. The van der Waals surface area contributed by atoms with E-state index in [1.54, 1.807) is 0 Å². The fraction of sp³-hybridized carbons (Fsp3) is 1.00. The molecule has 0 radical (unpaired) electrons. The second-order valence-electron chi connectivity index (χ2n) is 2.62. The largest absolute Gasteiger partial charge is 0.307 e. The van der Waals surface area contributed by atoms with E-state index in [0.717, 1.165) is 0 Å². The van der Waals surface area contributed by atoms with Gasteiger partial charge in [0, 0.05) is 12.8 Å². The van der Waals surface area contributed by atoms with Crippen molar-refractivity contribution in [1.82, 2.24) is 0 Å². The Hall–Kier alpha value is -0.200. The number of hydrogen-bond acceptors (Lipinski definition) is 0. The maximum atomic E-state index is 12.4. The first kappa shape index (κ1) is 13.8. The Morgan fingerprint density at radius 1 is 0.857 bits per heavy atom. The maximum Gasteiger partial charge on any atom is 0.307 e. The summed E-state index contributed by atoms with van der Waals surface area (Å²) in [4.78, 5) is 0. The first-order chi connectivity index (χ1) is 6.09. The second-order valence-corrected chi connectivity index (χ2v) is 3.25. The second kappa shape index (κ2) is 4.55. The molecule has 0 aliphatic carbocycles. The van der Waals surface area contributed by atoms with E-state index >= 15 is 0 Å². The van der Waals surface area contributed by atoms with E-state index in [4.69, 9.17) is 0 Å². The summed E-state index contributed by atoms with van der Waals surface area (Å²) in [6, 6.07) is 0. The van der Waals surface area contributed by atoms with Crippen molar-refractivity contribution in [1.29, 1.82) is 0 Å². The predicted molar refractivity (Wildman–Crippen MR) is 35.9 cm³/mol. The van der Waals surface area contributed by atoms with Crippen LogP contribution >= 0.6 is 11.6 Å². The SMILES string of the molecule is FC(F)C(F)(F)CCC(F)(Cl)C(F)F. The Morgan fingerprint density at radius 2 is 1.29 bits per heavy atom. The van der Waals surface area contributed by atoms with Crippen LogP contribution in [0, 0.1) is 0 Å². The van der Waals surface area contributed by atoms with Crippen LogP contribution in [-0.2, 0) is 0 Å². The van der Waals surface area contributed by atoms with Gasteiger partial charge in [-0.1, -0.05) is 11.6 Å². The van der Waals surface area contributed by atoms with Gasteiger partial charge in [0.05, 0.1) is 0 Å². The third kappa shape index (κ3) is 3.89. The summed E-state index contributed by atoms with van der Waals surface area (Å²) in [5.41, 5.74) is 0. The number of rotatable bonds is 5. The fourth-order valence-corrected chi connectivity index (χ4v) is 0.646. The molecule has 0 rings (SSSR count). The molecule has 8 heteroatoms. The normalized spacial score (nSPS) is 17.6. The van der Waals surface area contributed by atoms with Gasteiger partial charge in [0.2, 0.25) is 5.13 Å². The number of alkyl halides is 8. The summed E-state index contributed by atoms with van der Waals surface area (Å²) in [6.45, 7) is 0. The molecule has 0 aliphatic heterocycles. The van der Waals surface area contributed by atoms with Crippen molar-refractivity contribution in [3.63, 3.8) is 0 Å². The predicted octanol–water partition coefficient (Wildman–Crippen LogP) is 3.84. The van der Waals surface area contributed by atoms with Crippen molar-refractivity contribution in [2.45, 2.75) is 36.7 Å². The van der Waals surface area contributed by atoms with Gasteiger partial charge in [-0.15, -0.1) is 0 Å². The van der Waals surface area contributed by atoms with Gasteiger partial charge in [0.15, 0.2) is 0 Å². The Bertz CT molecular complexity index is 159. The third-order valence-electron chi connectivity index (χ3n) is 1.43. The Balaban J connectivity index is 4.18. The van der Waals surface area contributed by atoms with Crippen molar-refractivity contribution in [2.75, 3.05) is 0 Å². The van der Waals surface area contributed by atoms with E-state index in [2.05, 4.69) is 11.6 Å². The molecule has 1 unspecified atom stereocenters. The minimum absolute atomic E-state index is 1.54. The third-order valence-corrected chi connectivity index (χ3v) is 1.78. The molecule has 0 N–H and O–H groups in total. The van der Waals surface area contributed by atoms with E-state index in [9.17, 15) is 30.7 Å². The minimum atomic E-state index is -4.50. The minimum Gasteiger partial charge on any atom is -0.220 e. The van der Waals surface area contributed by atoms with Gasteiger partial charge < -0.3 is 0 Å². The van der Waals surface area contributed by atoms with Crippen LogP contribution < -0.4 is 0 Å². The molecule has 0 nitrogen and oxygen atoms in total. The van der Waals surface area contributed by atoms with Gasteiger partial charge in [-0.3, -0.25) is 0 Å². The van der Waals surface area contributed by atoms with Crippen molar-refractivity contribution < 1.29 is 30.7 Å². The van der Waals surface area contributed by atoms with Crippen molar-refractivity contribution in [2.24, 2.45) is 0 Å². The lowest BCUT2D eigenvalue weighted by molar-refractivity contribution is -0.140. The van der Waals surface area contributed by atoms with Gasteiger partial charge in [-0.2, -0.15) is 0 Å². The topological polar surface area (TPSA) is 0 Å². The van der Waals surface area contributed by atoms with Crippen LogP contribution in [0.1, 0.15) is 12.8 Å². The fourth-order valence-electron chi connectivity index (χ4n) is 0.552. The molecule has 0 fully saturated rings. The van der Waals surface area contributed by atoms with Gasteiger partial charge in [0.25, 0.3) is 6.43 Å². The zero-order valence-electron chi connectivity index (χ0n) is 6.59. The smallest absolute Gasteiger partial charge is 0.220 e. The maximum absolute atomic E-state index is 12.4. The summed E-state index contributed by atoms with van der Waals surface area (Å²) in [5.74, 6) is -4.50. The molecule has 0 heterocycles. The Kier molecular flexibility index (Phi) is 4.48. The molecule has 0 aliphatic rings. The van der Waals surface area contributed by atoms with Crippen molar-refractivity contribution >= 4 is 11.6 Å². The highest BCUT2D eigenvalue weighted by molar-refractivity contribution is 6.23. The zero-order chi connectivity index (χ0) is 11.6. The highest BCUT2D eigenvalue weighted by Crippen LogP contribution is 2.36. The van der Waals surface area contributed by atoms with Crippen LogP contribution in [-0.4, -0.2) is 23.9 Å². The lowest BCUT2D eigenvalue weighted by Crippen LogP contribution is -2.32. The molecule has 0 amide bonds. The first-order valence-corrected chi connectivity index (χ1v) is 3.79. The Morgan fingerprint density at radius 3 is 1.57 bits per heavy atom. The molecule has 14 heavy (non-hydrogen) atoms. The highest BCUT2D eigenvalue weighted by atomic mass is 35.5. The molecular formula is C6H6ClF7. The van der Waals surface area contributed by atoms with Crippen LogP contribution in [0.3, 0.4) is 0 Å². The standard InChI is InChI=1S/C6H6ClF7/c7-5(12,3(8)9)1-2-6(13,14)4(10)11/h3-4H,1-2H2. The van der Waals surface area contributed by atoms with E-state index in [1.807, 2.05) is 0 Å². The molecule has 0 bridgehead atoms. The van der Waals surface area contributed by atoms with Crippen molar-refractivity contribution in [3.8, 4) is 0 Å². The van der Waals surface area contributed by atoms with Crippen LogP contribution in [0.5, 0.6) is 0 Å². The van der Waals surface area contributed by atoms with Crippen LogP contribution in [0.4, 0.5) is 30.7 Å². The summed E-state index contributed by atoms with van der Waals surface area (Å²) < 4.78 is 83.0. The lowest BCUT2D eigenvalue weighted by Gasteiger charge is -2.20. The van der Waals surface area contributed by atoms with E-state index in [-0.39, 0.29) is 0 Å². The molecule has 1 atom stereocenters. The molecule has 0 aromatic carbocycles. The lowest BCUT2D eigenvalue weighted by atomic mass is 10.1. The quantitative estimate of drug-likeness (QED) is 0.511. The molecule has 0 saturated heterocycles. The summed E-state index contributed by atoms with van der Waals surface area (Å²) in [6.07, 6.45) is -11.0. The molecule has 86 valence electrons. The van der Waals surface area contributed by atoms with Crippen LogP contribution in [0.15, 0.2) is 0 Å². The summed E-state index contributed by atoms with van der Waals surface area (Å²) in [7, 11) is 0. The summed E-state index contributed by atoms with van der Waals surface area (Å²) >= 11 is 4.49. The number of hydrogen-bond donors (Lipinski definition) is 0. The number of halogens is 8. The summed E-state index contributed by atoms with van der Waals surface area (Å²) in [5, 5.41) is -3.68. The molecule has 0 aromatic heterocycles. The van der Waals surface area contributed by atoms with E-state index in [1.165, 1.54) is 0 Å². The molecule has 0 spiro atoms. The van der Waals surface area contributed by atoms with E-state index in [0.29, 0.717) is 0 Å². The molecule has 0 aromatic rings. The van der Waals surface area contributed by atoms with Gasteiger partial charge in [0.1, 0.15) is 0 Å². The zero-order valence-corrected chi connectivity index (χ0v) is 7.35. The van der Waals surface area contributed by atoms with Gasteiger partial charge in [-0.05, 0) is 0 Å². The highest BCUT2D eigenvalue weighted by Gasteiger charge is 2.46. The monoisotopic (exact) mass is 246 g/mol. The van der Waals surface area contributed by atoms with E-state index < -0.39 is 36.7 Å². The van der Waals surface area contributed by atoms with Crippen molar-refractivity contribution in [3.05, 3.63) is 0 Å². The van der Waals surface area contributed by atoms with Crippen LogP contribution in [0.25, 0.3) is 0 Å².